The summed E-state index contributed by atoms with van der Waals surface area (Å²) in [6.07, 6.45) is 0. The second kappa shape index (κ2) is 6.05. The number of rotatable bonds is 5. The van der Waals surface area contributed by atoms with Gasteiger partial charge in [0, 0.05) is 5.39 Å². The Bertz CT molecular complexity index is 656. The highest BCUT2D eigenvalue weighted by Crippen LogP contribution is 2.27. The Kier molecular flexibility index (Phi) is 4.37. The van der Waals surface area contributed by atoms with Crippen LogP contribution in [0.5, 0.6) is 0 Å². The van der Waals surface area contributed by atoms with E-state index in [0.29, 0.717) is 11.2 Å². The predicted molar refractivity (Wildman–Crippen MR) is 80.3 cm³/mol. The van der Waals surface area contributed by atoms with Crippen LogP contribution in [0.1, 0.15) is 31.3 Å². The Labute approximate surface area is 123 Å². The molecule has 21 heavy (non-hydrogen) atoms. The van der Waals surface area contributed by atoms with Crippen molar-refractivity contribution in [2.75, 3.05) is 18.5 Å². The molecule has 1 heterocycles. The molecule has 0 bridgehead atoms. The summed E-state index contributed by atoms with van der Waals surface area (Å²) in [7, 11) is 0. The summed E-state index contributed by atoms with van der Waals surface area (Å²) >= 11 is 0. The van der Waals surface area contributed by atoms with Crippen molar-refractivity contribution in [1.29, 1.82) is 0 Å². The van der Waals surface area contributed by atoms with E-state index in [4.69, 9.17) is 4.74 Å². The Morgan fingerprint density at radius 1 is 1.33 bits per heavy atom. The van der Waals surface area contributed by atoms with Crippen LogP contribution < -0.4 is 5.32 Å². The number of anilines is 1. The van der Waals surface area contributed by atoms with Crippen molar-refractivity contribution < 1.29 is 14.6 Å². The van der Waals surface area contributed by atoms with Crippen LogP contribution in [-0.4, -0.2) is 40.0 Å². The molecule has 112 valence electrons. The maximum atomic E-state index is 12.1. The summed E-state index contributed by atoms with van der Waals surface area (Å²) in [5, 5.41) is 21.4. The van der Waals surface area contributed by atoms with Crippen LogP contribution in [0, 0.1) is 0 Å². The molecule has 0 spiro atoms. The lowest BCUT2D eigenvalue weighted by Gasteiger charge is -2.26. The summed E-state index contributed by atoms with van der Waals surface area (Å²) in [5.41, 5.74) is 0.713. The van der Waals surface area contributed by atoms with Crippen molar-refractivity contribution >= 4 is 22.6 Å². The van der Waals surface area contributed by atoms with Crippen LogP contribution >= 0.6 is 0 Å². The zero-order chi connectivity index (χ0) is 15.5. The first kappa shape index (κ1) is 15.2. The third-order valence-corrected chi connectivity index (χ3v) is 3.00. The van der Waals surface area contributed by atoms with Crippen molar-refractivity contribution in [3.8, 4) is 0 Å². The minimum Gasteiger partial charge on any atom is -0.461 e. The molecule has 6 heteroatoms. The van der Waals surface area contributed by atoms with Gasteiger partial charge in [-0.2, -0.15) is 0 Å². The molecule has 1 aromatic carbocycles. The van der Waals surface area contributed by atoms with Gasteiger partial charge in [0.25, 0.3) is 0 Å². The molecular weight excluding hydrogens is 270 g/mol. The topological polar surface area (TPSA) is 84.3 Å². The first-order chi connectivity index (χ1) is 9.98. The quantitative estimate of drug-likeness (QED) is 0.819. The van der Waals surface area contributed by atoms with E-state index in [1.165, 1.54) is 0 Å². The zero-order valence-corrected chi connectivity index (χ0v) is 12.4. The second-order valence-corrected chi connectivity index (χ2v) is 5.33. The summed E-state index contributed by atoms with van der Waals surface area (Å²) in [5.74, 6) is -0.535. The number of hydrogen-bond acceptors (Lipinski definition) is 6. The number of benzene rings is 1. The number of carbonyl (C=O) groups excluding carboxylic acids is 1. The number of nitrogens with zero attached hydrogens (tertiary/aromatic N) is 2. The highest BCUT2D eigenvalue weighted by Gasteiger charge is 2.24. The molecule has 0 fully saturated rings. The summed E-state index contributed by atoms with van der Waals surface area (Å²) in [4.78, 5) is 12.1. The van der Waals surface area contributed by atoms with Crippen LogP contribution in [0.2, 0.25) is 0 Å². The highest BCUT2D eigenvalue weighted by atomic mass is 16.5. The van der Waals surface area contributed by atoms with E-state index in [-0.39, 0.29) is 18.9 Å². The Hall–Kier alpha value is -2.21. The van der Waals surface area contributed by atoms with E-state index in [2.05, 4.69) is 15.5 Å². The van der Waals surface area contributed by atoms with Crippen molar-refractivity contribution in [2.24, 2.45) is 0 Å². The summed E-state index contributed by atoms with van der Waals surface area (Å²) in [6.45, 7) is 5.56. The lowest BCUT2D eigenvalue weighted by molar-refractivity contribution is 0.0519. The zero-order valence-electron chi connectivity index (χ0n) is 12.4. The Morgan fingerprint density at radius 2 is 2.05 bits per heavy atom. The first-order valence-electron chi connectivity index (χ1n) is 6.80. The number of aliphatic hydroxyl groups excluding tert-OH is 1. The molecule has 6 nitrogen and oxygen atoms in total. The molecule has 0 radical (unpaired) electrons. The number of fused-ring (bicyclic) bond motifs is 1. The van der Waals surface area contributed by atoms with Crippen LogP contribution in [0.15, 0.2) is 24.3 Å². The van der Waals surface area contributed by atoms with Crippen LogP contribution in [0.4, 0.5) is 5.69 Å². The van der Waals surface area contributed by atoms with E-state index >= 15 is 0 Å². The van der Waals surface area contributed by atoms with Gasteiger partial charge in [-0.05, 0) is 26.8 Å². The number of aliphatic hydroxyl groups is 1. The highest BCUT2D eigenvalue weighted by molar-refractivity contribution is 6.03. The molecule has 0 aliphatic carbocycles. The average Bonchev–Trinajstić information content (AvgIpc) is 2.47. The second-order valence-electron chi connectivity index (χ2n) is 5.33. The Balaban J connectivity index is 2.60. The summed E-state index contributed by atoms with van der Waals surface area (Å²) < 4.78 is 5.02. The standard InChI is InChI=1S/C15H19N3O3/c1-4-21-14(20)13-12(16-15(2,3)9-19)10-7-5-6-8-11(10)17-18-13/h5-8,19H,4,9H2,1-3H3,(H,16,17). The monoisotopic (exact) mass is 289 g/mol. The molecular formula is C15H19N3O3. The third kappa shape index (κ3) is 3.28. The number of esters is 1. The lowest BCUT2D eigenvalue weighted by atomic mass is 10.0. The molecule has 0 aliphatic rings. The fourth-order valence-corrected chi connectivity index (χ4v) is 1.90. The van der Waals surface area contributed by atoms with E-state index in [1.807, 2.05) is 38.1 Å². The van der Waals surface area contributed by atoms with Crippen molar-refractivity contribution in [1.82, 2.24) is 10.2 Å². The molecule has 1 aromatic heterocycles. The molecule has 0 aliphatic heterocycles. The van der Waals surface area contributed by atoms with E-state index in [0.717, 1.165) is 5.39 Å². The Morgan fingerprint density at radius 3 is 2.71 bits per heavy atom. The van der Waals surface area contributed by atoms with Crippen LogP contribution in [-0.2, 0) is 4.74 Å². The van der Waals surface area contributed by atoms with Gasteiger partial charge < -0.3 is 15.2 Å². The number of ether oxygens (including phenoxy) is 1. The van der Waals surface area contributed by atoms with Crippen LogP contribution in [0.25, 0.3) is 10.9 Å². The molecule has 0 unspecified atom stereocenters. The van der Waals surface area contributed by atoms with Gasteiger partial charge in [-0.3, -0.25) is 0 Å². The molecule has 0 saturated carbocycles. The van der Waals surface area contributed by atoms with Crippen LogP contribution in [0.3, 0.4) is 0 Å². The predicted octanol–water partition coefficient (Wildman–Crippen LogP) is 1.99. The number of carbonyl (C=O) groups is 1. The number of aromatic nitrogens is 2. The van der Waals surface area contributed by atoms with Gasteiger partial charge in [-0.25, -0.2) is 4.79 Å². The van der Waals surface area contributed by atoms with Gasteiger partial charge in [0.05, 0.1) is 30.0 Å². The van der Waals surface area contributed by atoms with Crippen molar-refractivity contribution in [3.63, 3.8) is 0 Å². The smallest absolute Gasteiger partial charge is 0.361 e. The normalized spacial score (nSPS) is 11.4. The SMILES string of the molecule is CCOC(=O)c1nnc2ccccc2c1NC(C)(C)CO. The average molecular weight is 289 g/mol. The van der Waals surface area contributed by atoms with E-state index in [1.54, 1.807) is 6.92 Å². The van der Waals surface area contributed by atoms with E-state index in [9.17, 15) is 9.90 Å². The number of hydrogen-bond donors (Lipinski definition) is 2. The van der Waals surface area contributed by atoms with Gasteiger partial charge in [0.2, 0.25) is 0 Å². The third-order valence-electron chi connectivity index (χ3n) is 3.00. The van der Waals surface area contributed by atoms with E-state index < -0.39 is 11.5 Å². The van der Waals surface area contributed by atoms with Gasteiger partial charge >= 0.3 is 5.97 Å². The molecule has 0 amide bonds. The van der Waals surface area contributed by atoms with Gasteiger partial charge in [0.1, 0.15) is 0 Å². The van der Waals surface area contributed by atoms with Gasteiger partial charge in [0.15, 0.2) is 5.69 Å². The molecule has 2 rings (SSSR count). The largest absolute Gasteiger partial charge is 0.461 e. The maximum absolute atomic E-state index is 12.1. The fourth-order valence-electron chi connectivity index (χ4n) is 1.90. The maximum Gasteiger partial charge on any atom is 0.361 e. The number of nitrogens with one attached hydrogen (secondary N) is 1. The molecule has 2 N–H and O–H groups in total. The van der Waals surface area contributed by atoms with Crippen molar-refractivity contribution in [3.05, 3.63) is 30.0 Å². The minimum absolute atomic E-state index is 0.0914. The van der Waals surface area contributed by atoms with Gasteiger partial charge in [-0.1, -0.05) is 18.2 Å². The fraction of sp³-hybridized carbons (Fsp3) is 0.400. The summed E-state index contributed by atoms with van der Waals surface area (Å²) in [6, 6.07) is 7.37. The lowest BCUT2D eigenvalue weighted by Crippen LogP contribution is -2.36. The minimum atomic E-state index is -0.604. The molecule has 0 saturated heterocycles. The van der Waals surface area contributed by atoms with Crippen molar-refractivity contribution in [2.45, 2.75) is 26.3 Å². The first-order valence-corrected chi connectivity index (χ1v) is 6.80. The molecule has 0 atom stereocenters. The van der Waals surface area contributed by atoms with Gasteiger partial charge in [-0.15, -0.1) is 10.2 Å². The molecule has 2 aromatic rings.